The number of azide groups is 2. The number of halogens is 1. The first-order chi connectivity index (χ1) is 10.4. The van der Waals surface area contributed by atoms with Crippen LogP contribution in [0.15, 0.2) is 40.1 Å². The van der Waals surface area contributed by atoms with Crippen LogP contribution in [0.4, 0.5) is 0 Å². The van der Waals surface area contributed by atoms with Gasteiger partial charge in [0, 0.05) is 15.4 Å². The molecule has 0 atom stereocenters. The Balaban J connectivity index is 0.000000412. The Labute approximate surface area is 135 Å². The first kappa shape index (κ1) is 20.0. The highest BCUT2D eigenvalue weighted by molar-refractivity contribution is 7.85. The molecule has 11 nitrogen and oxygen atoms in total. The lowest BCUT2D eigenvalue weighted by Crippen LogP contribution is -2.15. The first-order valence-electron chi connectivity index (χ1n) is 5.31. The van der Waals surface area contributed by atoms with Gasteiger partial charge in [-0.15, -0.1) is 12.4 Å². The highest BCUT2D eigenvalue weighted by Crippen LogP contribution is 2.16. The maximum atomic E-state index is 11.2. The van der Waals surface area contributed by atoms with Gasteiger partial charge in [0.1, 0.15) is 5.28 Å². The summed E-state index contributed by atoms with van der Waals surface area (Å²) >= 11 is 0. The topological polar surface area (TPSA) is 175 Å². The smallest absolute Gasteiger partial charge is 0.304 e. The van der Waals surface area contributed by atoms with Gasteiger partial charge in [0.2, 0.25) is 11.6 Å². The predicted molar refractivity (Wildman–Crippen MR) is 80.4 cm³/mol. The van der Waals surface area contributed by atoms with Gasteiger partial charge in [-0.25, -0.2) is 0 Å². The Morgan fingerprint density at radius 2 is 1.70 bits per heavy atom. The second-order valence-electron chi connectivity index (χ2n) is 3.46. The van der Waals surface area contributed by atoms with E-state index in [9.17, 15) is 18.0 Å². The molecule has 0 N–H and O–H groups in total. The third-order valence-electron chi connectivity index (χ3n) is 2.14. The molecule has 0 aliphatic heterocycles. The number of allylic oxidation sites excluding steroid dienone is 1. The van der Waals surface area contributed by atoms with Crippen molar-refractivity contribution in [3.05, 3.63) is 62.4 Å². The average Bonchev–Trinajstić information content (AvgIpc) is 2.50. The lowest BCUT2D eigenvalue weighted by Gasteiger charge is -2.06. The average molecular weight is 359 g/mol. The fourth-order valence-corrected chi connectivity index (χ4v) is 1.57. The summed E-state index contributed by atoms with van der Waals surface area (Å²) in [7, 11) is -4.41. The minimum absolute atomic E-state index is 0. The molecule has 1 aliphatic rings. The van der Waals surface area contributed by atoms with E-state index in [0.717, 1.165) is 5.56 Å². The molecule has 0 amide bonds. The number of nitrogens with zero attached hydrogens (tertiary/aromatic N) is 6. The van der Waals surface area contributed by atoms with Gasteiger partial charge >= 0.3 is 10.3 Å². The molecule has 0 unspecified atom stereocenters. The van der Waals surface area contributed by atoms with E-state index in [4.69, 9.17) is 11.1 Å². The second kappa shape index (κ2) is 9.07. The quantitative estimate of drug-likeness (QED) is 0.264. The number of carbonyl (C=O) groups excluding carboxylic acids is 2. The predicted octanol–water partition coefficient (Wildman–Crippen LogP) is 2.67. The van der Waals surface area contributed by atoms with Gasteiger partial charge < -0.3 is 4.28 Å². The van der Waals surface area contributed by atoms with Crippen molar-refractivity contribution in [1.82, 2.24) is 0 Å². The fraction of sp³-hybridized carbons (Fsp3) is 0. The van der Waals surface area contributed by atoms with Gasteiger partial charge in [0.05, 0.1) is 4.52 Å². The van der Waals surface area contributed by atoms with Crippen LogP contribution in [0.5, 0.6) is 0 Å². The number of carbonyl (C=O) groups is 2. The van der Waals surface area contributed by atoms with Crippen LogP contribution in [0.25, 0.3) is 27.0 Å². The van der Waals surface area contributed by atoms with Gasteiger partial charge in [-0.3, -0.25) is 9.59 Å². The van der Waals surface area contributed by atoms with Crippen molar-refractivity contribution in [1.29, 1.82) is 0 Å². The van der Waals surface area contributed by atoms with Crippen molar-refractivity contribution < 1.29 is 22.3 Å². The zero-order chi connectivity index (χ0) is 16.6. The van der Waals surface area contributed by atoms with E-state index in [2.05, 4.69) is 14.1 Å². The van der Waals surface area contributed by atoms with Crippen molar-refractivity contribution in [3.63, 3.8) is 0 Å². The molecule has 0 saturated heterocycles. The lowest BCUT2D eigenvalue weighted by molar-refractivity contribution is -0.110. The van der Waals surface area contributed by atoms with Crippen molar-refractivity contribution in [3.8, 4) is 0 Å². The van der Waals surface area contributed by atoms with E-state index in [1.807, 2.05) is 22.0 Å². The van der Waals surface area contributed by atoms with Gasteiger partial charge in [-0.2, -0.15) is 8.42 Å². The highest BCUT2D eigenvalue weighted by Gasteiger charge is 2.19. The van der Waals surface area contributed by atoms with E-state index >= 15 is 0 Å². The summed E-state index contributed by atoms with van der Waals surface area (Å²) in [5.41, 5.74) is 16.4. The number of hydrogen-bond acceptors (Lipinski definition) is 6. The standard InChI is InChI=1S/C10H6O2.ClH.N6O3S/c11-9-6-5-7-3-1-2-4-8(7)10(9)12;;1-3-5-9-10(7,8)6-4-2/h1-6H;1H;. The Morgan fingerprint density at radius 3 is 2.30 bits per heavy atom. The summed E-state index contributed by atoms with van der Waals surface area (Å²) in [5.74, 6) is -0.846. The van der Waals surface area contributed by atoms with E-state index < -0.39 is 21.9 Å². The van der Waals surface area contributed by atoms with Gasteiger partial charge in [-0.1, -0.05) is 30.3 Å². The molecule has 0 radical (unpaired) electrons. The van der Waals surface area contributed by atoms with Crippen LogP contribution in [0.3, 0.4) is 0 Å². The number of Topliss-reactive ketones (excluding diaryl/α,β-unsaturated/α-hetero) is 1. The Hall–Kier alpha value is -3.04. The van der Waals surface area contributed by atoms with E-state index in [0.29, 0.717) is 5.56 Å². The molecular formula is C10H7ClN6O5S. The summed E-state index contributed by atoms with van der Waals surface area (Å²) in [6, 6.07) is 7.07. The summed E-state index contributed by atoms with van der Waals surface area (Å²) < 4.78 is 25.7. The number of rotatable bonds is 3. The minimum atomic E-state index is -4.41. The van der Waals surface area contributed by atoms with Gasteiger partial charge in [-0.05, 0) is 22.7 Å². The van der Waals surface area contributed by atoms with Crippen LogP contribution in [0.1, 0.15) is 15.9 Å². The molecule has 13 heteroatoms. The maximum absolute atomic E-state index is 11.2. The maximum Gasteiger partial charge on any atom is 0.409 e. The third kappa shape index (κ3) is 6.08. The summed E-state index contributed by atoms with van der Waals surface area (Å²) in [6.07, 6.45) is 2.98. The normalized spacial score (nSPS) is 11.5. The molecule has 0 aromatic heterocycles. The van der Waals surface area contributed by atoms with Crippen molar-refractivity contribution >= 4 is 40.4 Å². The second-order valence-corrected chi connectivity index (χ2v) is 4.63. The Morgan fingerprint density at radius 1 is 1.04 bits per heavy atom. The molecular weight excluding hydrogens is 352 g/mol. The van der Waals surface area contributed by atoms with Crippen LogP contribution in [0.2, 0.25) is 0 Å². The van der Waals surface area contributed by atoms with E-state index in [-0.39, 0.29) is 12.4 Å². The molecule has 120 valence electrons. The molecule has 1 aliphatic carbocycles. The third-order valence-corrected chi connectivity index (χ3v) is 2.67. The van der Waals surface area contributed by atoms with Crippen LogP contribution < -0.4 is 0 Å². The van der Waals surface area contributed by atoms with Crippen molar-refractivity contribution in [2.75, 3.05) is 0 Å². The summed E-state index contributed by atoms with van der Waals surface area (Å²) in [4.78, 5) is 26.0. The van der Waals surface area contributed by atoms with E-state index in [1.54, 1.807) is 18.2 Å². The molecule has 0 spiro atoms. The number of fused-ring (bicyclic) bond motifs is 1. The lowest BCUT2D eigenvalue weighted by atomic mass is 9.96. The van der Waals surface area contributed by atoms with Crippen LogP contribution >= 0.6 is 12.4 Å². The Kier molecular flexibility index (Phi) is 7.88. The SMILES string of the molecule is Cl.O=C1C=Cc2ccccc2C1=O.[N-]=[N+]=NOS(=O)(=O)N=[N+]=[N-]. The Bertz CT molecular complexity index is 839. The molecule has 1 aromatic rings. The summed E-state index contributed by atoms with van der Waals surface area (Å²) in [6.45, 7) is 0. The molecule has 0 fully saturated rings. The van der Waals surface area contributed by atoms with Gasteiger partial charge in [0.15, 0.2) is 0 Å². The van der Waals surface area contributed by atoms with Crippen LogP contribution in [-0.4, -0.2) is 20.0 Å². The monoisotopic (exact) mass is 358 g/mol. The minimum Gasteiger partial charge on any atom is -0.304 e. The number of hydrogen-bond donors (Lipinski definition) is 0. The van der Waals surface area contributed by atoms with E-state index in [1.165, 1.54) is 6.08 Å². The van der Waals surface area contributed by atoms with Crippen molar-refractivity contribution in [2.45, 2.75) is 0 Å². The number of ketones is 2. The van der Waals surface area contributed by atoms with Crippen LogP contribution in [-0.2, 0) is 19.4 Å². The fourth-order valence-electron chi connectivity index (χ4n) is 1.34. The molecule has 0 saturated carbocycles. The zero-order valence-corrected chi connectivity index (χ0v) is 12.6. The number of benzene rings is 1. The first-order valence-corrected chi connectivity index (χ1v) is 6.68. The zero-order valence-electron chi connectivity index (χ0n) is 11.0. The highest BCUT2D eigenvalue weighted by atomic mass is 35.5. The van der Waals surface area contributed by atoms with Crippen LogP contribution in [0, 0.1) is 0 Å². The van der Waals surface area contributed by atoms with Crippen molar-refractivity contribution in [2.24, 2.45) is 9.80 Å². The summed E-state index contributed by atoms with van der Waals surface area (Å²) in [5, 5.41) is 2.19. The molecule has 0 bridgehead atoms. The molecule has 23 heavy (non-hydrogen) atoms. The molecule has 0 heterocycles. The molecule has 1 aromatic carbocycles. The van der Waals surface area contributed by atoms with Gasteiger partial charge in [0.25, 0.3) is 0 Å². The molecule has 2 rings (SSSR count). The largest absolute Gasteiger partial charge is 0.409 e.